The van der Waals surface area contributed by atoms with Gasteiger partial charge >= 0.3 is 0 Å². The lowest BCUT2D eigenvalue weighted by Gasteiger charge is -2.13. The molecule has 0 fully saturated rings. The van der Waals surface area contributed by atoms with Crippen LogP contribution in [0.4, 0.5) is 4.39 Å². The monoisotopic (exact) mass is 367 g/mol. The average Bonchev–Trinajstić information content (AvgIpc) is 2.58. The Morgan fingerprint density at radius 3 is 2.52 bits per heavy atom. The van der Waals surface area contributed by atoms with Gasteiger partial charge in [-0.05, 0) is 42.6 Å². The molecule has 0 amide bonds. The van der Waals surface area contributed by atoms with Gasteiger partial charge < -0.3 is 14.8 Å². The summed E-state index contributed by atoms with van der Waals surface area (Å²) in [4.78, 5) is 0. The molecule has 2 aromatic rings. The van der Waals surface area contributed by atoms with Crippen LogP contribution < -0.4 is 14.8 Å². The quantitative estimate of drug-likeness (QED) is 0.634. The molecule has 0 radical (unpaired) electrons. The van der Waals surface area contributed by atoms with E-state index in [4.69, 9.17) is 9.47 Å². The first kappa shape index (κ1) is 21.3. The van der Waals surface area contributed by atoms with Gasteiger partial charge in [0.05, 0.1) is 7.11 Å². The average molecular weight is 368 g/mol. The van der Waals surface area contributed by atoms with Crippen LogP contribution >= 0.6 is 12.4 Å². The summed E-state index contributed by atoms with van der Waals surface area (Å²) in [6, 6.07) is 12.4. The van der Waals surface area contributed by atoms with Crippen LogP contribution in [0.2, 0.25) is 0 Å². The maximum absolute atomic E-state index is 13.6. The third-order valence-electron chi connectivity index (χ3n) is 3.80. The lowest BCUT2D eigenvalue weighted by atomic mass is 10.1. The van der Waals surface area contributed by atoms with Crippen molar-refractivity contribution < 1.29 is 13.9 Å². The Balaban J connectivity index is 0.00000312. The van der Waals surface area contributed by atoms with Crippen molar-refractivity contribution in [2.75, 3.05) is 13.7 Å². The molecular weight excluding hydrogens is 341 g/mol. The Labute approximate surface area is 156 Å². The number of ether oxygens (including phenoxy) is 2. The fourth-order valence-electron chi connectivity index (χ4n) is 2.34. The van der Waals surface area contributed by atoms with E-state index in [0.717, 1.165) is 25.1 Å². The van der Waals surface area contributed by atoms with Crippen LogP contribution in [0.3, 0.4) is 0 Å². The molecule has 0 aliphatic heterocycles. The maximum Gasteiger partial charge on any atom is 0.161 e. The van der Waals surface area contributed by atoms with E-state index in [0.29, 0.717) is 23.0 Å². The smallest absolute Gasteiger partial charge is 0.161 e. The van der Waals surface area contributed by atoms with Crippen molar-refractivity contribution in [2.24, 2.45) is 5.92 Å². The molecule has 0 spiro atoms. The van der Waals surface area contributed by atoms with Gasteiger partial charge in [-0.25, -0.2) is 4.39 Å². The Kier molecular flexibility index (Phi) is 9.32. The molecule has 0 saturated heterocycles. The summed E-state index contributed by atoms with van der Waals surface area (Å²) in [5.41, 5.74) is 1.66. The van der Waals surface area contributed by atoms with Crippen molar-refractivity contribution in [2.45, 2.75) is 33.4 Å². The number of hydrogen-bond acceptors (Lipinski definition) is 3. The van der Waals surface area contributed by atoms with Gasteiger partial charge in [0.15, 0.2) is 11.5 Å². The maximum atomic E-state index is 13.6. The molecule has 0 unspecified atom stereocenters. The minimum absolute atomic E-state index is 0. The fourth-order valence-corrected chi connectivity index (χ4v) is 2.34. The normalized spacial score (nSPS) is 10.4. The zero-order valence-electron chi connectivity index (χ0n) is 15.0. The Morgan fingerprint density at radius 2 is 1.84 bits per heavy atom. The first-order valence-electron chi connectivity index (χ1n) is 8.34. The molecule has 138 valence electrons. The molecule has 0 aliphatic carbocycles. The molecule has 1 N–H and O–H groups in total. The van der Waals surface area contributed by atoms with Crippen molar-refractivity contribution in [1.82, 2.24) is 5.32 Å². The Morgan fingerprint density at radius 1 is 1.08 bits per heavy atom. The highest BCUT2D eigenvalue weighted by molar-refractivity contribution is 5.85. The van der Waals surface area contributed by atoms with Gasteiger partial charge in [-0.1, -0.05) is 38.1 Å². The van der Waals surface area contributed by atoms with Crippen LogP contribution in [0, 0.1) is 11.7 Å². The number of benzene rings is 2. The molecule has 25 heavy (non-hydrogen) atoms. The minimum Gasteiger partial charge on any atom is -0.493 e. The summed E-state index contributed by atoms with van der Waals surface area (Å²) in [5.74, 6) is 1.71. The van der Waals surface area contributed by atoms with Crippen LogP contribution in [0.5, 0.6) is 11.5 Å². The molecule has 0 heterocycles. The summed E-state index contributed by atoms with van der Waals surface area (Å²) in [6.07, 6.45) is 1.15. The number of halogens is 2. The van der Waals surface area contributed by atoms with E-state index < -0.39 is 0 Å². The summed E-state index contributed by atoms with van der Waals surface area (Å²) < 4.78 is 24.8. The van der Waals surface area contributed by atoms with Gasteiger partial charge in [0.2, 0.25) is 0 Å². The number of nitrogens with one attached hydrogen (secondary N) is 1. The molecule has 0 saturated carbocycles. The van der Waals surface area contributed by atoms with Crippen LogP contribution in [0.1, 0.15) is 31.4 Å². The summed E-state index contributed by atoms with van der Waals surface area (Å²) in [5, 5.41) is 3.42. The highest BCUT2D eigenvalue weighted by atomic mass is 35.5. The van der Waals surface area contributed by atoms with Gasteiger partial charge in [0.1, 0.15) is 12.4 Å². The first-order chi connectivity index (χ1) is 11.6. The minimum atomic E-state index is -0.262. The van der Waals surface area contributed by atoms with E-state index in [1.807, 2.05) is 18.2 Å². The molecule has 2 aromatic carbocycles. The second kappa shape index (κ2) is 11.0. The van der Waals surface area contributed by atoms with Gasteiger partial charge in [-0.2, -0.15) is 0 Å². The summed E-state index contributed by atoms with van der Waals surface area (Å²) >= 11 is 0. The molecule has 0 atom stereocenters. The molecule has 5 heteroatoms. The largest absolute Gasteiger partial charge is 0.493 e. The molecule has 3 nitrogen and oxygen atoms in total. The standard InChI is InChI=1S/C20H26FNO2.ClH/c1-15(2)10-11-22-13-16-8-9-19(20(12-16)23-3)24-14-17-6-4-5-7-18(17)21;/h4-9,12,15,22H,10-11,13-14H2,1-3H3;1H. The molecular formula is C20H27ClFNO2. The lowest BCUT2D eigenvalue weighted by Crippen LogP contribution is -2.16. The first-order valence-corrected chi connectivity index (χ1v) is 8.34. The van der Waals surface area contributed by atoms with Gasteiger partial charge in [-0.15, -0.1) is 12.4 Å². The highest BCUT2D eigenvalue weighted by Gasteiger charge is 2.08. The van der Waals surface area contributed by atoms with E-state index in [1.54, 1.807) is 25.3 Å². The summed E-state index contributed by atoms with van der Waals surface area (Å²) in [6.45, 7) is 6.38. The van der Waals surface area contributed by atoms with Crippen molar-refractivity contribution in [3.8, 4) is 11.5 Å². The van der Waals surface area contributed by atoms with Gasteiger partial charge in [0, 0.05) is 12.1 Å². The Bertz CT molecular complexity index is 649. The van der Waals surface area contributed by atoms with Crippen molar-refractivity contribution in [3.63, 3.8) is 0 Å². The summed E-state index contributed by atoms with van der Waals surface area (Å²) in [7, 11) is 1.61. The van der Waals surface area contributed by atoms with E-state index in [1.165, 1.54) is 6.07 Å². The Hall–Kier alpha value is -1.78. The SMILES string of the molecule is COc1cc(CNCCC(C)C)ccc1OCc1ccccc1F.Cl. The number of hydrogen-bond donors (Lipinski definition) is 1. The zero-order chi connectivity index (χ0) is 17.4. The second-order valence-corrected chi connectivity index (χ2v) is 6.22. The van der Waals surface area contributed by atoms with Crippen LogP contribution in [-0.4, -0.2) is 13.7 Å². The van der Waals surface area contributed by atoms with Crippen LogP contribution in [0.15, 0.2) is 42.5 Å². The van der Waals surface area contributed by atoms with Crippen LogP contribution in [0.25, 0.3) is 0 Å². The third kappa shape index (κ3) is 6.92. The second-order valence-electron chi connectivity index (χ2n) is 6.22. The fraction of sp³-hybridized carbons (Fsp3) is 0.400. The van der Waals surface area contributed by atoms with Gasteiger partial charge in [0.25, 0.3) is 0 Å². The molecule has 0 aliphatic rings. The number of rotatable bonds is 9. The van der Waals surface area contributed by atoms with Crippen molar-refractivity contribution in [1.29, 1.82) is 0 Å². The highest BCUT2D eigenvalue weighted by Crippen LogP contribution is 2.29. The van der Waals surface area contributed by atoms with Crippen LogP contribution in [-0.2, 0) is 13.2 Å². The predicted molar refractivity (Wildman–Crippen MR) is 102 cm³/mol. The third-order valence-corrected chi connectivity index (χ3v) is 3.80. The molecule has 0 aromatic heterocycles. The molecule has 2 rings (SSSR count). The van der Waals surface area contributed by atoms with Crippen molar-refractivity contribution in [3.05, 3.63) is 59.4 Å². The van der Waals surface area contributed by atoms with E-state index in [2.05, 4.69) is 19.2 Å². The molecule has 0 bridgehead atoms. The zero-order valence-corrected chi connectivity index (χ0v) is 15.9. The van der Waals surface area contributed by atoms with E-state index in [-0.39, 0.29) is 24.8 Å². The lowest BCUT2D eigenvalue weighted by molar-refractivity contribution is 0.279. The van der Waals surface area contributed by atoms with E-state index in [9.17, 15) is 4.39 Å². The van der Waals surface area contributed by atoms with Gasteiger partial charge in [-0.3, -0.25) is 0 Å². The number of methoxy groups -OCH3 is 1. The topological polar surface area (TPSA) is 30.5 Å². The van der Waals surface area contributed by atoms with Crippen molar-refractivity contribution >= 4 is 12.4 Å². The predicted octanol–water partition coefficient (Wildman–Crippen LogP) is 4.97. The van der Waals surface area contributed by atoms with E-state index >= 15 is 0 Å².